The summed E-state index contributed by atoms with van der Waals surface area (Å²) in [5, 5.41) is 13.3. The molecule has 1 amide bonds. The average Bonchev–Trinajstić information content (AvgIpc) is 3.32. The Balaban J connectivity index is 0.00000126. The van der Waals surface area contributed by atoms with E-state index in [-0.39, 0.29) is 24.4 Å². The summed E-state index contributed by atoms with van der Waals surface area (Å²) in [6.07, 6.45) is -0.582. The summed E-state index contributed by atoms with van der Waals surface area (Å²) in [4.78, 5) is 33.8. The van der Waals surface area contributed by atoms with Crippen LogP contribution in [0.3, 0.4) is 0 Å². The number of alkyl halides is 3. The van der Waals surface area contributed by atoms with Crippen LogP contribution in [0.25, 0.3) is 0 Å². The van der Waals surface area contributed by atoms with Crippen molar-refractivity contribution in [2.24, 2.45) is 0 Å². The number of rotatable bonds is 11. The highest BCUT2D eigenvalue weighted by Gasteiger charge is 2.38. The maximum atomic E-state index is 12.9. The number of hydrogen-bond acceptors (Lipinski definition) is 7. The third kappa shape index (κ3) is 13.6. The zero-order valence-electron chi connectivity index (χ0n) is 19.5. The molecule has 0 saturated carbocycles. The highest BCUT2D eigenvalue weighted by atomic mass is 35.5. The number of amides is 1. The van der Waals surface area contributed by atoms with Gasteiger partial charge in [0.05, 0.1) is 13.7 Å². The highest BCUT2D eigenvalue weighted by Crippen LogP contribution is 2.13. The molecule has 0 radical (unpaired) electrons. The summed E-state index contributed by atoms with van der Waals surface area (Å²) in [6, 6.07) is 9.41. The first-order valence-corrected chi connectivity index (χ1v) is 12.0. The summed E-state index contributed by atoms with van der Waals surface area (Å²) in [5.41, 5.74) is 1.02. The van der Waals surface area contributed by atoms with Gasteiger partial charge in [0.15, 0.2) is 0 Å². The monoisotopic (exact) mass is 544 g/mol. The molecule has 200 valence electrons. The molecular formula is C22H32ClF3N2O6S. The first-order valence-electron chi connectivity index (χ1n) is 10.6. The van der Waals surface area contributed by atoms with E-state index in [0.717, 1.165) is 30.7 Å². The number of hydrogen-bond donors (Lipinski definition) is 3. The molecule has 0 aliphatic carbocycles. The molecule has 1 aliphatic rings. The SMILES string of the molecule is COC(=O)[C@H](CCSC)NC(=O)C(Cc1ccccc1)OC[C@@H]1CCCN1.Cl.O=C(O)C(F)(F)F. The number of carbonyl (C=O) groups excluding carboxylic acids is 2. The van der Waals surface area contributed by atoms with Crippen LogP contribution in [0.2, 0.25) is 0 Å². The molecule has 1 aliphatic heterocycles. The van der Waals surface area contributed by atoms with Crippen LogP contribution in [0.1, 0.15) is 24.8 Å². The van der Waals surface area contributed by atoms with Crippen molar-refractivity contribution in [2.75, 3.05) is 32.3 Å². The number of carbonyl (C=O) groups is 3. The number of thioether (sulfide) groups is 1. The Morgan fingerprint density at radius 1 is 1.26 bits per heavy atom. The van der Waals surface area contributed by atoms with E-state index in [9.17, 15) is 22.8 Å². The Labute approximate surface area is 213 Å². The minimum atomic E-state index is -5.08. The van der Waals surface area contributed by atoms with Crippen molar-refractivity contribution in [3.8, 4) is 0 Å². The summed E-state index contributed by atoms with van der Waals surface area (Å²) in [7, 11) is 1.34. The Morgan fingerprint density at radius 3 is 2.37 bits per heavy atom. The molecule has 13 heteroatoms. The number of methoxy groups -OCH3 is 1. The standard InChI is InChI=1S/C20H30N2O4S.C2HF3O2.ClH/c1-25-20(24)17(10-12-27-2)22-19(23)18(13-15-7-4-3-5-8-15)26-14-16-9-6-11-21-16;3-2(4,5)1(6)7;/h3-5,7-8,16-18,21H,6,9-14H2,1-2H3,(H,22,23);(H,6,7);1H/t16-,17-,18?;;/m0../s1. The molecule has 0 aromatic heterocycles. The van der Waals surface area contributed by atoms with Crippen molar-refractivity contribution in [3.05, 3.63) is 35.9 Å². The maximum Gasteiger partial charge on any atom is 0.490 e. The Kier molecular flexibility index (Phi) is 16.4. The van der Waals surface area contributed by atoms with Gasteiger partial charge in [0, 0.05) is 12.5 Å². The van der Waals surface area contributed by atoms with E-state index in [1.807, 2.05) is 36.6 Å². The lowest BCUT2D eigenvalue weighted by molar-refractivity contribution is -0.192. The van der Waals surface area contributed by atoms with Crippen LogP contribution in [0, 0.1) is 0 Å². The lowest BCUT2D eigenvalue weighted by Crippen LogP contribution is -2.48. The van der Waals surface area contributed by atoms with Crippen LogP contribution >= 0.6 is 24.2 Å². The van der Waals surface area contributed by atoms with E-state index < -0.39 is 30.3 Å². The maximum absolute atomic E-state index is 12.9. The molecule has 1 aromatic carbocycles. The molecular weight excluding hydrogens is 513 g/mol. The van der Waals surface area contributed by atoms with Crippen LogP contribution in [-0.4, -0.2) is 79.6 Å². The predicted molar refractivity (Wildman–Crippen MR) is 129 cm³/mol. The normalized spacial score (nSPS) is 16.7. The molecule has 0 bridgehead atoms. The van der Waals surface area contributed by atoms with Gasteiger partial charge in [0.2, 0.25) is 5.91 Å². The second-order valence-electron chi connectivity index (χ2n) is 7.47. The molecule has 1 aromatic rings. The van der Waals surface area contributed by atoms with Gasteiger partial charge in [-0.2, -0.15) is 24.9 Å². The number of aliphatic carboxylic acids is 1. The van der Waals surface area contributed by atoms with Gasteiger partial charge in [-0.1, -0.05) is 30.3 Å². The van der Waals surface area contributed by atoms with Gasteiger partial charge in [0.25, 0.3) is 0 Å². The summed E-state index contributed by atoms with van der Waals surface area (Å²) in [6.45, 7) is 1.47. The van der Waals surface area contributed by atoms with Gasteiger partial charge in [-0.15, -0.1) is 12.4 Å². The van der Waals surface area contributed by atoms with Gasteiger partial charge < -0.3 is 25.2 Å². The largest absolute Gasteiger partial charge is 0.490 e. The first kappa shape index (κ1) is 33.0. The fourth-order valence-electron chi connectivity index (χ4n) is 3.08. The number of carboxylic acid groups (broad SMARTS) is 1. The smallest absolute Gasteiger partial charge is 0.475 e. The van der Waals surface area contributed by atoms with Crippen LogP contribution < -0.4 is 10.6 Å². The lowest BCUT2D eigenvalue weighted by Gasteiger charge is -2.23. The number of benzene rings is 1. The summed E-state index contributed by atoms with van der Waals surface area (Å²) in [5.74, 6) is -2.69. The molecule has 1 fully saturated rings. The Morgan fingerprint density at radius 2 is 1.89 bits per heavy atom. The topological polar surface area (TPSA) is 114 Å². The molecule has 3 N–H and O–H groups in total. The number of carboxylic acids is 1. The first-order chi connectivity index (χ1) is 16.1. The van der Waals surface area contributed by atoms with Crippen LogP contribution in [0.15, 0.2) is 30.3 Å². The van der Waals surface area contributed by atoms with Gasteiger partial charge in [-0.3, -0.25) is 4.79 Å². The Bertz CT molecular complexity index is 767. The van der Waals surface area contributed by atoms with E-state index in [1.165, 1.54) is 7.11 Å². The van der Waals surface area contributed by atoms with E-state index in [4.69, 9.17) is 19.4 Å². The van der Waals surface area contributed by atoms with Crippen LogP contribution in [-0.2, 0) is 30.3 Å². The van der Waals surface area contributed by atoms with E-state index >= 15 is 0 Å². The number of ether oxygens (including phenoxy) is 2. The molecule has 1 unspecified atom stereocenters. The quantitative estimate of drug-likeness (QED) is 0.364. The molecule has 3 atom stereocenters. The van der Waals surface area contributed by atoms with Crippen LogP contribution in [0.4, 0.5) is 13.2 Å². The van der Waals surface area contributed by atoms with Gasteiger partial charge >= 0.3 is 18.1 Å². The second kappa shape index (κ2) is 17.4. The number of esters is 1. The van der Waals surface area contributed by atoms with Crippen molar-refractivity contribution in [1.29, 1.82) is 0 Å². The van der Waals surface area contributed by atoms with Crippen molar-refractivity contribution < 1.29 is 42.1 Å². The summed E-state index contributed by atoms with van der Waals surface area (Å²) >= 11 is 1.62. The van der Waals surface area contributed by atoms with Crippen LogP contribution in [0.5, 0.6) is 0 Å². The molecule has 35 heavy (non-hydrogen) atoms. The third-order valence-electron chi connectivity index (χ3n) is 4.87. The fraction of sp³-hybridized carbons (Fsp3) is 0.591. The van der Waals surface area contributed by atoms with Crippen molar-refractivity contribution in [2.45, 2.75) is 50.0 Å². The highest BCUT2D eigenvalue weighted by molar-refractivity contribution is 7.98. The molecule has 0 spiro atoms. The third-order valence-corrected chi connectivity index (χ3v) is 5.52. The van der Waals surface area contributed by atoms with Gasteiger partial charge in [0.1, 0.15) is 12.1 Å². The molecule has 2 rings (SSSR count). The van der Waals surface area contributed by atoms with Crippen molar-refractivity contribution in [3.63, 3.8) is 0 Å². The number of halogens is 4. The minimum absolute atomic E-state index is 0. The van der Waals surface area contributed by atoms with Crippen molar-refractivity contribution >= 4 is 42.0 Å². The second-order valence-corrected chi connectivity index (χ2v) is 8.46. The van der Waals surface area contributed by atoms with Gasteiger partial charge in [-0.05, 0) is 43.4 Å². The average molecular weight is 545 g/mol. The Hall–Kier alpha value is -2.02. The lowest BCUT2D eigenvalue weighted by atomic mass is 10.1. The number of nitrogens with one attached hydrogen (secondary N) is 2. The summed E-state index contributed by atoms with van der Waals surface area (Å²) < 4.78 is 42.6. The van der Waals surface area contributed by atoms with Crippen molar-refractivity contribution in [1.82, 2.24) is 10.6 Å². The molecule has 1 heterocycles. The van der Waals surface area contributed by atoms with E-state index in [2.05, 4.69) is 10.6 Å². The van der Waals surface area contributed by atoms with E-state index in [1.54, 1.807) is 11.8 Å². The van der Waals surface area contributed by atoms with Gasteiger partial charge in [-0.25, -0.2) is 9.59 Å². The predicted octanol–water partition coefficient (Wildman–Crippen LogP) is 2.83. The molecule has 8 nitrogen and oxygen atoms in total. The zero-order valence-corrected chi connectivity index (χ0v) is 21.1. The fourth-order valence-corrected chi connectivity index (χ4v) is 3.55. The van der Waals surface area contributed by atoms with E-state index in [0.29, 0.717) is 19.4 Å². The zero-order chi connectivity index (χ0) is 25.6. The minimum Gasteiger partial charge on any atom is -0.475 e. The molecule has 1 saturated heterocycles.